The van der Waals surface area contributed by atoms with Gasteiger partial charge in [0.1, 0.15) is 6.04 Å². The summed E-state index contributed by atoms with van der Waals surface area (Å²) in [5.41, 5.74) is 1.33. The molecule has 1 saturated heterocycles. The van der Waals surface area contributed by atoms with E-state index in [9.17, 15) is 9.59 Å². The van der Waals surface area contributed by atoms with Crippen LogP contribution in [0.25, 0.3) is 0 Å². The summed E-state index contributed by atoms with van der Waals surface area (Å²) in [5, 5.41) is 9.69. The van der Waals surface area contributed by atoms with E-state index in [4.69, 9.17) is 16.7 Å². The zero-order valence-electron chi connectivity index (χ0n) is 10.4. The van der Waals surface area contributed by atoms with E-state index in [2.05, 4.69) is 0 Å². The van der Waals surface area contributed by atoms with E-state index < -0.39 is 12.0 Å². The SMILES string of the molecule is Cc1ccc(C(=O)N2CCSCC2C(=O)O)cc1Cl. The second kappa shape index (κ2) is 5.84. The normalized spacial score (nSPS) is 19.3. The van der Waals surface area contributed by atoms with E-state index in [0.717, 1.165) is 11.3 Å². The van der Waals surface area contributed by atoms with Crippen LogP contribution < -0.4 is 0 Å². The zero-order chi connectivity index (χ0) is 14.0. The number of amides is 1. The van der Waals surface area contributed by atoms with Crippen LogP contribution in [0.5, 0.6) is 0 Å². The third-order valence-corrected chi connectivity index (χ3v) is 4.52. The number of carbonyl (C=O) groups excluding carboxylic acids is 1. The molecule has 1 aromatic rings. The topological polar surface area (TPSA) is 57.6 Å². The van der Waals surface area contributed by atoms with Gasteiger partial charge >= 0.3 is 5.97 Å². The molecule has 1 aliphatic rings. The van der Waals surface area contributed by atoms with Crippen LogP contribution >= 0.6 is 23.4 Å². The smallest absolute Gasteiger partial charge is 0.327 e. The summed E-state index contributed by atoms with van der Waals surface area (Å²) in [7, 11) is 0. The number of carboxylic acids is 1. The van der Waals surface area contributed by atoms with Crippen molar-refractivity contribution in [3.05, 3.63) is 34.3 Å². The van der Waals surface area contributed by atoms with Gasteiger partial charge in [0.15, 0.2) is 0 Å². The Hall–Kier alpha value is -1.20. The Kier molecular flexibility index (Phi) is 4.37. The van der Waals surface area contributed by atoms with Gasteiger partial charge in [0, 0.05) is 28.6 Å². The molecular formula is C13H14ClNO3S. The van der Waals surface area contributed by atoms with E-state index in [1.807, 2.05) is 6.92 Å². The average Bonchev–Trinajstić information content (AvgIpc) is 2.41. The Morgan fingerprint density at radius 1 is 1.47 bits per heavy atom. The van der Waals surface area contributed by atoms with Crippen molar-refractivity contribution >= 4 is 35.2 Å². The van der Waals surface area contributed by atoms with Gasteiger partial charge in [0.2, 0.25) is 0 Å². The average molecular weight is 300 g/mol. The fourth-order valence-electron chi connectivity index (χ4n) is 1.94. The van der Waals surface area contributed by atoms with Crippen LogP contribution in [0.15, 0.2) is 18.2 Å². The molecule has 0 saturated carbocycles. The Morgan fingerprint density at radius 2 is 2.21 bits per heavy atom. The predicted molar refractivity (Wildman–Crippen MR) is 76.0 cm³/mol. The van der Waals surface area contributed by atoms with Crippen LogP contribution in [0.1, 0.15) is 15.9 Å². The first-order chi connectivity index (χ1) is 9.00. The number of thioether (sulfide) groups is 1. The number of aryl methyl sites for hydroxylation is 1. The number of hydrogen-bond donors (Lipinski definition) is 1. The van der Waals surface area contributed by atoms with Crippen molar-refractivity contribution in [3.8, 4) is 0 Å². The van der Waals surface area contributed by atoms with Gasteiger partial charge in [-0.25, -0.2) is 4.79 Å². The number of carboxylic acid groups (broad SMARTS) is 1. The first kappa shape index (κ1) is 14.2. The Balaban J connectivity index is 2.26. The molecule has 1 atom stereocenters. The summed E-state index contributed by atoms with van der Waals surface area (Å²) in [5.74, 6) is -0.0381. The van der Waals surface area contributed by atoms with Crippen LogP contribution in [0.3, 0.4) is 0 Å². The van der Waals surface area contributed by atoms with Crippen molar-refractivity contribution < 1.29 is 14.7 Å². The fourth-order valence-corrected chi connectivity index (χ4v) is 3.16. The zero-order valence-corrected chi connectivity index (χ0v) is 12.0. The predicted octanol–water partition coefficient (Wildman–Crippen LogP) is 2.29. The third-order valence-electron chi connectivity index (χ3n) is 3.09. The summed E-state index contributed by atoms with van der Waals surface area (Å²) in [6.07, 6.45) is 0. The highest BCUT2D eigenvalue weighted by molar-refractivity contribution is 7.99. The second-order valence-electron chi connectivity index (χ2n) is 4.39. The molecule has 1 aromatic carbocycles. The Labute approximate surface area is 120 Å². The maximum absolute atomic E-state index is 12.4. The van der Waals surface area contributed by atoms with Gasteiger partial charge in [-0.05, 0) is 24.6 Å². The lowest BCUT2D eigenvalue weighted by molar-refractivity contribution is -0.141. The van der Waals surface area contributed by atoms with Gasteiger partial charge in [0.25, 0.3) is 5.91 Å². The lowest BCUT2D eigenvalue weighted by atomic mass is 10.1. The standard InChI is InChI=1S/C13H14ClNO3S/c1-8-2-3-9(6-10(8)14)12(16)15-4-5-19-7-11(15)13(17)18/h2-3,6,11H,4-5,7H2,1H3,(H,17,18). The van der Waals surface area contributed by atoms with Gasteiger partial charge in [-0.2, -0.15) is 11.8 Å². The minimum absolute atomic E-state index is 0.269. The summed E-state index contributed by atoms with van der Waals surface area (Å²) in [4.78, 5) is 25.0. The monoisotopic (exact) mass is 299 g/mol. The van der Waals surface area contributed by atoms with Crippen LogP contribution in [-0.4, -0.2) is 46.0 Å². The number of nitrogens with zero attached hydrogens (tertiary/aromatic N) is 1. The maximum atomic E-state index is 12.4. The minimum Gasteiger partial charge on any atom is -0.480 e. The summed E-state index contributed by atoms with van der Waals surface area (Å²) in [6, 6.07) is 4.29. The Bertz CT molecular complexity index is 521. The Morgan fingerprint density at radius 3 is 2.84 bits per heavy atom. The molecule has 0 bridgehead atoms. The molecule has 0 spiro atoms. The van der Waals surface area contributed by atoms with Crippen molar-refractivity contribution in [2.24, 2.45) is 0 Å². The van der Waals surface area contributed by atoms with Crippen LogP contribution in [0, 0.1) is 6.92 Å². The molecular weight excluding hydrogens is 286 g/mol. The van der Waals surface area contributed by atoms with Gasteiger partial charge < -0.3 is 10.0 Å². The van der Waals surface area contributed by atoms with Crippen molar-refractivity contribution in [2.75, 3.05) is 18.1 Å². The first-order valence-corrected chi connectivity index (χ1v) is 7.41. The van der Waals surface area contributed by atoms with Crippen molar-refractivity contribution in [2.45, 2.75) is 13.0 Å². The number of hydrogen-bond acceptors (Lipinski definition) is 3. The van der Waals surface area contributed by atoms with Crippen LogP contribution in [0.4, 0.5) is 0 Å². The van der Waals surface area contributed by atoms with Crippen molar-refractivity contribution in [3.63, 3.8) is 0 Å². The van der Waals surface area contributed by atoms with Crippen molar-refractivity contribution in [1.82, 2.24) is 4.90 Å². The molecule has 102 valence electrons. The number of halogens is 1. The lowest BCUT2D eigenvalue weighted by Gasteiger charge is -2.32. The third kappa shape index (κ3) is 3.04. The van der Waals surface area contributed by atoms with Gasteiger partial charge in [0.05, 0.1) is 0 Å². The van der Waals surface area contributed by atoms with E-state index in [1.54, 1.807) is 30.0 Å². The van der Waals surface area contributed by atoms with E-state index in [-0.39, 0.29) is 5.91 Å². The van der Waals surface area contributed by atoms with E-state index >= 15 is 0 Å². The molecule has 6 heteroatoms. The quantitative estimate of drug-likeness (QED) is 0.910. The molecule has 1 amide bonds. The van der Waals surface area contributed by atoms with Crippen LogP contribution in [0.2, 0.25) is 5.02 Å². The van der Waals surface area contributed by atoms with Crippen LogP contribution in [-0.2, 0) is 4.79 Å². The molecule has 4 nitrogen and oxygen atoms in total. The highest BCUT2D eigenvalue weighted by atomic mass is 35.5. The molecule has 1 fully saturated rings. The summed E-state index contributed by atoms with van der Waals surface area (Å²) >= 11 is 7.56. The number of carbonyl (C=O) groups is 2. The highest BCUT2D eigenvalue weighted by Gasteiger charge is 2.32. The number of aliphatic carboxylic acids is 1. The minimum atomic E-state index is -0.959. The van der Waals surface area contributed by atoms with Gasteiger partial charge in [-0.1, -0.05) is 17.7 Å². The molecule has 1 N–H and O–H groups in total. The van der Waals surface area contributed by atoms with E-state index in [0.29, 0.717) is 22.9 Å². The largest absolute Gasteiger partial charge is 0.480 e. The molecule has 19 heavy (non-hydrogen) atoms. The van der Waals surface area contributed by atoms with E-state index in [1.165, 1.54) is 4.90 Å². The van der Waals surface area contributed by atoms with Gasteiger partial charge in [-0.3, -0.25) is 4.79 Å². The summed E-state index contributed by atoms with van der Waals surface area (Å²) < 4.78 is 0. The highest BCUT2D eigenvalue weighted by Crippen LogP contribution is 2.22. The molecule has 1 aliphatic heterocycles. The van der Waals surface area contributed by atoms with Crippen molar-refractivity contribution in [1.29, 1.82) is 0 Å². The van der Waals surface area contributed by atoms with Gasteiger partial charge in [-0.15, -0.1) is 0 Å². The molecule has 0 radical (unpaired) electrons. The number of rotatable bonds is 2. The molecule has 1 unspecified atom stereocenters. The number of benzene rings is 1. The molecule has 0 aromatic heterocycles. The maximum Gasteiger partial charge on any atom is 0.327 e. The first-order valence-electron chi connectivity index (χ1n) is 5.88. The summed E-state index contributed by atoms with van der Waals surface area (Å²) in [6.45, 7) is 2.31. The lowest BCUT2D eigenvalue weighted by Crippen LogP contribution is -2.50. The fraction of sp³-hybridized carbons (Fsp3) is 0.385. The molecule has 1 heterocycles. The molecule has 0 aliphatic carbocycles. The molecule has 2 rings (SSSR count). The second-order valence-corrected chi connectivity index (χ2v) is 5.95.